The van der Waals surface area contributed by atoms with E-state index in [2.05, 4.69) is 39.5 Å². The molecule has 1 nitrogen and oxygen atoms in total. The summed E-state index contributed by atoms with van der Waals surface area (Å²) < 4.78 is 0. The fraction of sp³-hybridized carbons (Fsp3) is 1.00. The molecule has 0 saturated heterocycles. The van der Waals surface area contributed by atoms with Gasteiger partial charge in [-0.05, 0) is 37.9 Å². The van der Waals surface area contributed by atoms with Gasteiger partial charge in [0.2, 0.25) is 0 Å². The van der Waals surface area contributed by atoms with Crippen LogP contribution in [0.15, 0.2) is 0 Å². The highest BCUT2D eigenvalue weighted by Gasteiger charge is 2.14. The zero-order chi connectivity index (χ0) is 11.7. The van der Waals surface area contributed by atoms with Gasteiger partial charge in [0.05, 0.1) is 0 Å². The van der Waals surface area contributed by atoms with Gasteiger partial charge in [0.15, 0.2) is 0 Å². The van der Waals surface area contributed by atoms with Gasteiger partial charge in [-0.15, -0.1) is 0 Å². The lowest BCUT2D eigenvalue weighted by molar-refractivity contribution is 0.454. The fourth-order valence-electron chi connectivity index (χ4n) is 1.85. The van der Waals surface area contributed by atoms with E-state index in [9.17, 15) is 0 Å². The van der Waals surface area contributed by atoms with Crippen molar-refractivity contribution in [1.82, 2.24) is 0 Å². The molecule has 0 bridgehead atoms. The summed E-state index contributed by atoms with van der Waals surface area (Å²) in [5.74, 6) is 2.13. The molecule has 0 saturated carbocycles. The van der Waals surface area contributed by atoms with Crippen molar-refractivity contribution in [2.24, 2.45) is 11.7 Å². The summed E-state index contributed by atoms with van der Waals surface area (Å²) in [6.07, 6.45) is 6.58. The molecule has 0 aliphatic rings. The van der Waals surface area contributed by atoms with E-state index in [1.807, 2.05) is 0 Å². The smallest absolute Gasteiger partial charge is 0.0196 e. The molecule has 0 aromatic rings. The second-order valence-electron chi connectivity index (χ2n) is 4.74. The Hall–Kier alpha value is 0.310. The maximum atomic E-state index is 6.02. The van der Waals surface area contributed by atoms with Crippen LogP contribution in [0.5, 0.6) is 0 Å². The first-order chi connectivity index (χ1) is 7.11. The highest BCUT2D eigenvalue weighted by molar-refractivity contribution is 7.99. The van der Waals surface area contributed by atoms with Crippen LogP contribution in [0, 0.1) is 5.92 Å². The van der Waals surface area contributed by atoms with Crippen LogP contribution in [0.1, 0.15) is 59.8 Å². The van der Waals surface area contributed by atoms with Crippen LogP contribution < -0.4 is 5.73 Å². The van der Waals surface area contributed by atoms with Crippen molar-refractivity contribution in [3.63, 3.8) is 0 Å². The molecule has 0 spiro atoms. The summed E-state index contributed by atoms with van der Waals surface area (Å²) in [4.78, 5) is 0. The molecule has 0 aromatic heterocycles. The molecule has 3 unspecified atom stereocenters. The van der Waals surface area contributed by atoms with E-state index in [0.717, 1.165) is 5.92 Å². The van der Waals surface area contributed by atoms with Gasteiger partial charge < -0.3 is 5.73 Å². The number of thioether (sulfide) groups is 1. The van der Waals surface area contributed by atoms with Crippen molar-refractivity contribution in [2.45, 2.75) is 71.1 Å². The zero-order valence-corrected chi connectivity index (χ0v) is 11.8. The van der Waals surface area contributed by atoms with E-state index >= 15 is 0 Å². The predicted molar refractivity (Wildman–Crippen MR) is 73.5 cm³/mol. The molecule has 3 atom stereocenters. The third-order valence-corrected chi connectivity index (χ3v) is 4.59. The standard InChI is InChI=1S/C13H29NS/c1-5-7-11(3)8-9-13(12(4)14)15-10-6-2/h11-13H,5-10,14H2,1-4H3. The van der Waals surface area contributed by atoms with E-state index in [1.165, 1.54) is 37.9 Å². The summed E-state index contributed by atoms with van der Waals surface area (Å²) in [6, 6.07) is 0.343. The summed E-state index contributed by atoms with van der Waals surface area (Å²) in [6.45, 7) is 9.03. The Balaban J connectivity index is 3.74. The fourth-order valence-corrected chi connectivity index (χ4v) is 3.00. The molecule has 2 N–H and O–H groups in total. The number of rotatable bonds is 9. The minimum Gasteiger partial charge on any atom is -0.327 e. The zero-order valence-electron chi connectivity index (χ0n) is 11.0. The van der Waals surface area contributed by atoms with Crippen LogP contribution in [0.2, 0.25) is 0 Å². The van der Waals surface area contributed by atoms with E-state index < -0.39 is 0 Å². The Kier molecular flexibility index (Phi) is 9.73. The third kappa shape index (κ3) is 8.15. The average Bonchev–Trinajstić information content (AvgIpc) is 2.17. The molecule has 0 amide bonds. The second-order valence-corrected chi connectivity index (χ2v) is 6.09. The minimum atomic E-state index is 0.343. The van der Waals surface area contributed by atoms with Gasteiger partial charge in [0.25, 0.3) is 0 Å². The van der Waals surface area contributed by atoms with Gasteiger partial charge in [0.1, 0.15) is 0 Å². The molecule has 0 aliphatic heterocycles. The van der Waals surface area contributed by atoms with Crippen LogP contribution in [0.25, 0.3) is 0 Å². The van der Waals surface area contributed by atoms with Crippen LogP contribution in [-0.4, -0.2) is 17.0 Å². The molecule has 15 heavy (non-hydrogen) atoms. The Morgan fingerprint density at radius 1 is 1.00 bits per heavy atom. The summed E-state index contributed by atoms with van der Waals surface area (Å²) in [7, 11) is 0. The monoisotopic (exact) mass is 231 g/mol. The van der Waals surface area contributed by atoms with Crippen molar-refractivity contribution in [2.75, 3.05) is 5.75 Å². The number of nitrogens with two attached hydrogens (primary N) is 1. The Bertz CT molecular complexity index is 136. The van der Waals surface area contributed by atoms with E-state index in [1.54, 1.807) is 0 Å². The quantitative estimate of drug-likeness (QED) is 0.647. The maximum Gasteiger partial charge on any atom is 0.0196 e. The van der Waals surface area contributed by atoms with Crippen LogP contribution >= 0.6 is 11.8 Å². The van der Waals surface area contributed by atoms with Gasteiger partial charge in [-0.25, -0.2) is 0 Å². The van der Waals surface area contributed by atoms with E-state index in [0.29, 0.717) is 11.3 Å². The molecule has 0 rings (SSSR count). The predicted octanol–water partition coefficient (Wildman–Crippen LogP) is 4.06. The summed E-state index contributed by atoms with van der Waals surface area (Å²) >= 11 is 2.06. The molecule has 0 radical (unpaired) electrons. The van der Waals surface area contributed by atoms with Crippen molar-refractivity contribution < 1.29 is 0 Å². The van der Waals surface area contributed by atoms with Crippen LogP contribution in [0.3, 0.4) is 0 Å². The summed E-state index contributed by atoms with van der Waals surface area (Å²) in [5, 5.41) is 0.671. The lowest BCUT2D eigenvalue weighted by atomic mass is 9.98. The van der Waals surface area contributed by atoms with Crippen molar-refractivity contribution in [3.8, 4) is 0 Å². The van der Waals surface area contributed by atoms with Gasteiger partial charge in [-0.2, -0.15) is 11.8 Å². The minimum absolute atomic E-state index is 0.343. The Morgan fingerprint density at radius 3 is 2.13 bits per heavy atom. The average molecular weight is 231 g/mol. The molecule has 2 heteroatoms. The molecule has 92 valence electrons. The van der Waals surface area contributed by atoms with Crippen molar-refractivity contribution in [1.29, 1.82) is 0 Å². The molecular weight excluding hydrogens is 202 g/mol. The SMILES string of the molecule is CCCSC(CCC(C)CCC)C(C)N. The lowest BCUT2D eigenvalue weighted by Gasteiger charge is -2.21. The highest BCUT2D eigenvalue weighted by Crippen LogP contribution is 2.23. The van der Waals surface area contributed by atoms with E-state index in [-0.39, 0.29) is 0 Å². The largest absolute Gasteiger partial charge is 0.327 e. The molecule has 0 heterocycles. The van der Waals surface area contributed by atoms with E-state index in [4.69, 9.17) is 5.73 Å². The maximum absolute atomic E-state index is 6.02. The van der Waals surface area contributed by atoms with Gasteiger partial charge in [0, 0.05) is 11.3 Å². The summed E-state index contributed by atoms with van der Waals surface area (Å²) in [5.41, 5.74) is 6.02. The highest BCUT2D eigenvalue weighted by atomic mass is 32.2. The molecular formula is C13H29NS. The first kappa shape index (κ1) is 15.3. The number of hydrogen-bond donors (Lipinski definition) is 1. The van der Waals surface area contributed by atoms with Crippen molar-refractivity contribution in [3.05, 3.63) is 0 Å². The van der Waals surface area contributed by atoms with Crippen LogP contribution in [-0.2, 0) is 0 Å². The molecule has 0 aliphatic carbocycles. The molecule has 0 fully saturated rings. The Morgan fingerprint density at radius 2 is 1.67 bits per heavy atom. The normalized spacial score (nSPS) is 17.4. The third-order valence-electron chi connectivity index (χ3n) is 2.85. The van der Waals surface area contributed by atoms with Gasteiger partial charge >= 0.3 is 0 Å². The Labute approximate surface area is 101 Å². The lowest BCUT2D eigenvalue weighted by Crippen LogP contribution is -2.29. The van der Waals surface area contributed by atoms with Gasteiger partial charge in [-0.1, -0.05) is 33.6 Å². The van der Waals surface area contributed by atoms with Crippen molar-refractivity contribution >= 4 is 11.8 Å². The van der Waals surface area contributed by atoms with Crippen LogP contribution in [0.4, 0.5) is 0 Å². The van der Waals surface area contributed by atoms with Gasteiger partial charge in [-0.3, -0.25) is 0 Å². The first-order valence-electron chi connectivity index (χ1n) is 6.48. The first-order valence-corrected chi connectivity index (χ1v) is 7.53. The second kappa shape index (κ2) is 9.53. The topological polar surface area (TPSA) is 26.0 Å². The molecule has 0 aromatic carbocycles. The number of hydrogen-bond acceptors (Lipinski definition) is 2.